The highest BCUT2D eigenvalue weighted by Crippen LogP contribution is 2.55. The van der Waals surface area contributed by atoms with Crippen molar-refractivity contribution in [3.63, 3.8) is 0 Å². The fraction of sp³-hybridized carbons (Fsp3) is 0.588. The fourth-order valence-corrected chi connectivity index (χ4v) is 4.16. The van der Waals surface area contributed by atoms with Gasteiger partial charge in [-0.05, 0) is 37.7 Å². The third-order valence-electron chi connectivity index (χ3n) is 5.44. The van der Waals surface area contributed by atoms with Crippen molar-refractivity contribution in [2.24, 2.45) is 11.3 Å². The molecule has 0 N–H and O–H groups in total. The van der Waals surface area contributed by atoms with E-state index in [1.54, 1.807) is 12.3 Å². The van der Waals surface area contributed by atoms with E-state index in [1.807, 2.05) is 4.90 Å². The molecule has 1 spiro atoms. The summed E-state index contributed by atoms with van der Waals surface area (Å²) in [7, 11) is 0. The number of hydrogen-bond donors (Lipinski definition) is 0. The summed E-state index contributed by atoms with van der Waals surface area (Å²) in [5, 5.41) is 9.20. The summed E-state index contributed by atoms with van der Waals surface area (Å²) in [6.07, 6.45) is 7.63. The molecule has 5 nitrogen and oxygen atoms in total. The topological polar surface area (TPSA) is 66.2 Å². The molecule has 114 valence electrons. The summed E-state index contributed by atoms with van der Waals surface area (Å²) in [5.74, 6) is 0.608. The standard InChI is InChI=1S/C17H19N3O2/c18-9-13-3-6-19-10-14(13)16(21)20-11-17(4-7-22-8-5-17)15(20)12-1-2-12/h3,6,10,12,15H,1-2,4-5,7-8,11H2. The molecule has 0 bridgehead atoms. The molecule has 1 saturated carbocycles. The van der Waals surface area contributed by atoms with Crippen molar-refractivity contribution in [1.82, 2.24) is 9.88 Å². The Hall–Kier alpha value is -1.93. The lowest BCUT2D eigenvalue weighted by atomic mass is 9.64. The highest BCUT2D eigenvalue weighted by molar-refractivity contribution is 5.97. The Kier molecular flexibility index (Phi) is 3.16. The number of rotatable bonds is 2. The molecule has 3 aliphatic rings. The second-order valence-electron chi connectivity index (χ2n) is 6.72. The summed E-state index contributed by atoms with van der Waals surface area (Å²) in [6.45, 7) is 2.42. The highest BCUT2D eigenvalue weighted by atomic mass is 16.5. The van der Waals surface area contributed by atoms with Gasteiger partial charge in [0.25, 0.3) is 5.91 Å². The summed E-state index contributed by atoms with van der Waals surface area (Å²) in [5.41, 5.74) is 1.12. The second kappa shape index (κ2) is 5.06. The van der Waals surface area contributed by atoms with Gasteiger partial charge >= 0.3 is 0 Å². The van der Waals surface area contributed by atoms with E-state index in [2.05, 4.69) is 11.1 Å². The molecule has 4 rings (SSSR count). The summed E-state index contributed by atoms with van der Waals surface area (Å²) in [4.78, 5) is 18.9. The monoisotopic (exact) mass is 297 g/mol. The van der Waals surface area contributed by atoms with Gasteiger partial charge in [-0.15, -0.1) is 0 Å². The number of nitrogens with zero attached hydrogens (tertiary/aromatic N) is 3. The molecule has 5 heteroatoms. The van der Waals surface area contributed by atoms with Crippen LogP contribution >= 0.6 is 0 Å². The van der Waals surface area contributed by atoms with Crippen molar-refractivity contribution in [3.8, 4) is 6.07 Å². The number of ether oxygens (including phenoxy) is 1. The number of pyridine rings is 1. The van der Waals surface area contributed by atoms with Crippen LogP contribution in [0.4, 0.5) is 0 Å². The van der Waals surface area contributed by atoms with Crippen LogP contribution in [0.2, 0.25) is 0 Å². The smallest absolute Gasteiger partial charge is 0.257 e. The molecule has 1 aromatic heterocycles. The van der Waals surface area contributed by atoms with Gasteiger partial charge in [0.1, 0.15) is 6.07 Å². The lowest BCUT2D eigenvalue weighted by Gasteiger charge is -2.59. The quantitative estimate of drug-likeness (QED) is 0.837. The van der Waals surface area contributed by atoms with Gasteiger partial charge in [-0.1, -0.05) is 0 Å². The average Bonchev–Trinajstić information content (AvgIpc) is 3.37. The Morgan fingerprint density at radius 2 is 2.18 bits per heavy atom. The molecule has 1 amide bonds. The first-order chi connectivity index (χ1) is 10.7. The maximum absolute atomic E-state index is 12.9. The van der Waals surface area contributed by atoms with Crippen LogP contribution in [-0.2, 0) is 4.74 Å². The van der Waals surface area contributed by atoms with Crippen LogP contribution in [0.5, 0.6) is 0 Å². The molecule has 1 unspecified atom stereocenters. The Bertz CT molecular complexity index is 642. The van der Waals surface area contributed by atoms with Crippen molar-refractivity contribution in [2.75, 3.05) is 19.8 Å². The number of carbonyl (C=O) groups excluding carboxylic acids is 1. The van der Waals surface area contributed by atoms with Gasteiger partial charge in [0.05, 0.1) is 11.1 Å². The van der Waals surface area contributed by atoms with Crippen LogP contribution in [0.3, 0.4) is 0 Å². The molecule has 1 aromatic rings. The zero-order chi connectivity index (χ0) is 15.2. The minimum atomic E-state index is -0.0290. The van der Waals surface area contributed by atoms with E-state index in [1.165, 1.54) is 19.0 Å². The molecule has 0 aromatic carbocycles. The largest absolute Gasteiger partial charge is 0.381 e. The molecular weight excluding hydrogens is 278 g/mol. The second-order valence-corrected chi connectivity index (χ2v) is 6.72. The van der Waals surface area contributed by atoms with Crippen molar-refractivity contribution in [1.29, 1.82) is 5.26 Å². The number of nitriles is 1. The Morgan fingerprint density at radius 1 is 1.41 bits per heavy atom. The normalized spacial score (nSPS) is 26.3. The Balaban J connectivity index is 1.60. The van der Waals surface area contributed by atoms with Gasteiger partial charge in [-0.25, -0.2) is 0 Å². The predicted molar refractivity (Wildman–Crippen MR) is 79.0 cm³/mol. The molecule has 22 heavy (non-hydrogen) atoms. The van der Waals surface area contributed by atoms with E-state index >= 15 is 0 Å². The maximum atomic E-state index is 12.9. The van der Waals surface area contributed by atoms with E-state index in [0.717, 1.165) is 32.6 Å². The number of aromatic nitrogens is 1. The van der Waals surface area contributed by atoms with Gasteiger partial charge in [0.2, 0.25) is 0 Å². The van der Waals surface area contributed by atoms with Crippen LogP contribution in [0, 0.1) is 22.7 Å². The minimum Gasteiger partial charge on any atom is -0.381 e. The minimum absolute atomic E-state index is 0.0290. The van der Waals surface area contributed by atoms with Crippen LogP contribution in [-0.4, -0.2) is 41.6 Å². The molecule has 3 heterocycles. The number of likely N-dealkylation sites (tertiary alicyclic amines) is 1. The van der Waals surface area contributed by atoms with Crippen LogP contribution in [0.25, 0.3) is 0 Å². The molecule has 2 aliphatic heterocycles. The fourth-order valence-electron chi connectivity index (χ4n) is 4.16. The third-order valence-corrected chi connectivity index (χ3v) is 5.44. The van der Waals surface area contributed by atoms with Gasteiger partial charge in [-0.3, -0.25) is 9.78 Å². The number of carbonyl (C=O) groups is 1. The van der Waals surface area contributed by atoms with Crippen molar-refractivity contribution >= 4 is 5.91 Å². The van der Waals surface area contributed by atoms with E-state index < -0.39 is 0 Å². The zero-order valence-electron chi connectivity index (χ0n) is 12.5. The summed E-state index contributed by atoms with van der Waals surface area (Å²) < 4.78 is 5.51. The number of amides is 1. The zero-order valence-corrected chi connectivity index (χ0v) is 12.5. The van der Waals surface area contributed by atoms with Crippen molar-refractivity contribution < 1.29 is 9.53 Å². The molecule has 3 fully saturated rings. The summed E-state index contributed by atoms with van der Waals surface area (Å²) >= 11 is 0. The van der Waals surface area contributed by atoms with E-state index in [9.17, 15) is 10.1 Å². The van der Waals surface area contributed by atoms with Gasteiger partial charge in [0, 0.05) is 43.6 Å². The molecule has 1 aliphatic carbocycles. The van der Waals surface area contributed by atoms with Crippen molar-refractivity contribution in [3.05, 3.63) is 29.6 Å². The Morgan fingerprint density at radius 3 is 2.86 bits per heavy atom. The molecular formula is C17H19N3O2. The summed E-state index contributed by atoms with van der Waals surface area (Å²) in [6, 6.07) is 4.05. The Labute approximate surface area is 129 Å². The molecule has 0 radical (unpaired) electrons. The van der Waals surface area contributed by atoms with E-state index in [0.29, 0.717) is 23.1 Å². The van der Waals surface area contributed by atoms with Gasteiger partial charge in [0.15, 0.2) is 0 Å². The first kappa shape index (κ1) is 13.7. The van der Waals surface area contributed by atoms with Crippen LogP contribution < -0.4 is 0 Å². The molecule has 1 atom stereocenters. The maximum Gasteiger partial charge on any atom is 0.257 e. The van der Waals surface area contributed by atoms with Crippen LogP contribution in [0.15, 0.2) is 18.5 Å². The van der Waals surface area contributed by atoms with Crippen LogP contribution in [0.1, 0.15) is 41.6 Å². The first-order valence-corrected chi connectivity index (χ1v) is 7.98. The van der Waals surface area contributed by atoms with E-state index in [-0.39, 0.29) is 11.3 Å². The highest BCUT2D eigenvalue weighted by Gasteiger charge is 2.59. The first-order valence-electron chi connectivity index (χ1n) is 7.98. The van der Waals surface area contributed by atoms with Gasteiger partial charge < -0.3 is 9.64 Å². The lowest BCUT2D eigenvalue weighted by Crippen LogP contribution is -2.68. The SMILES string of the molecule is N#Cc1ccncc1C(=O)N1CC2(CCOCC2)C1C1CC1. The average molecular weight is 297 g/mol. The lowest BCUT2D eigenvalue weighted by molar-refractivity contribution is -0.120. The van der Waals surface area contributed by atoms with E-state index in [4.69, 9.17) is 4.74 Å². The van der Waals surface area contributed by atoms with Crippen molar-refractivity contribution in [2.45, 2.75) is 31.7 Å². The molecule has 2 saturated heterocycles. The predicted octanol–water partition coefficient (Wildman–Crippen LogP) is 1.98. The van der Waals surface area contributed by atoms with Gasteiger partial charge in [-0.2, -0.15) is 5.26 Å². The number of hydrogen-bond acceptors (Lipinski definition) is 4. The third kappa shape index (κ3) is 2.02.